The van der Waals surface area contributed by atoms with Crippen molar-refractivity contribution in [2.75, 3.05) is 19.6 Å². The molecule has 1 N–H and O–H groups in total. The predicted octanol–water partition coefficient (Wildman–Crippen LogP) is 2.79. The Labute approximate surface area is 129 Å². The first-order valence-electron chi connectivity index (χ1n) is 8.05. The van der Waals surface area contributed by atoms with Crippen molar-refractivity contribution in [1.29, 1.82) is 0 Å². The van der Waals surface area contributed by atoms with Crippen LogP contribution < -0.4 is 5.32 Å². The largest absolute Gasteiger partial charge is 0.444 e. The first kappa shape index (κ1) is 18.2. The van der Waals surface area contributed by atoms with Gasteiger partial charge in [-0.1, -0.05) is 0 Å². The molecule has 1 fully saturated rings. The van der Waals surface area contributed by atoms with E-state index < -0.39 is 5.60 Å². The molecular formula is C16H32N2O3. The summed E-state index contributed by atoms with van der Waals surface area (Å²) in [6.45, 7) is 14.0. The Kier molecular flexibility index (Phi) is 6.94. The van der Waals surface area contributed by atoms with E-state index in [1.807, 2.05) is 34.6 Å². The van der Waals surface area contributed by atoms with Crippen molar-refractivity contribution < 1.29 is 14.3 Å². The van der Waals surface area contributed by atoms with E-state index >= 15 is 0 Å². The van der Waals surface area contributed by atoms with E-state index in [-0.39, 0.29) is 12.1 Å². The predicted molar refractivity (Wildman–Crippen MR) is 84.5 cm³/mol. The van der Waals surface area contributed by atoms with Crippen molar-refractivity contribution in [3.63, 3.8) is 0 Å². The van der Waals surface area contributed by atoms with Crippen LogP contribution in [0.5, 0.6) is 0 Å². The van der Waals surface area contributed by atoms with Crippen LogP contribution >= 0.6 is 0 Å². The van der Waals surface area contributed by atoms with Gasteiger partial charge < -0.3 is 19.7 Å². The SMILES string of the molecule is CC1CCC(CNCCN(C(=O)OC(C)(C)C)C(C)C)O1. The smallest absolute Gasteiger partial charge is 0.410 e. The molecule has 0 bridgehead atoms. The molecule has 1 amide bonds. The molecule has 1 aliphatic rings. The molecule has 2 unspecified atom stereocenters. The number of rotatable bonds is 6. The zero-order chi connectivity index (χ0) is 16.0. The third-order valence-corrected chi connectivity index (χ3v) is 3.47. The van der Waals surface area contributed by atoms with Crippen molar-refractivity contribution in [1.82, 2.24) is 10.2 Å². The molecule has 0 aliphatic carbocycles. The average molecular weight is 300 g/mol. The molecule has 2 atom stereocenters. The summed E-state index contributed by atoms with van der Waals surface area (Å²) in [6, 6.07) is 0.129. The summed E-state index contributed by atoms with van der Waals surface area (Å²) >= 11 is 0. The third kappa shape index (κ3) is 7.14. The quantitative estimate of drug-likeness (QED) is 0.766. The van der Waals surface area contributed by atoms with Gasteiger partial charge in [0.05, 0.1) is 12.2 Å². The van der Waals surface area contributed by atoms with Gasteiger partial charge in [0, 0.05) is 25.7 Å². The molecule has 0 aromatic carbocycles. The van der Waals surface area contributed by atoms with Crippen LogP contribution in [0.1, 0.15) is 54.4 Å². The van der Waals surface area contributed by atoms with Crippen molar-refractivity contribution in [2.45, 2.75) is 78.2 Å². The zero-order valence-electron chi connectivity index (χ0n) is 14.4. The summed E-state index contributed by atoms with van der Waals surface area (Å²) in [6.07, 6.45) is 2.71. The Balaban J connectivity index is 2.29. The summed E-state index contributed by atoms with van der Waals surface area (Å²) in [5.74, 6) is 0. The van der Waals surface area contributed by atoms with Gasteiger partial charge in [-0.3, -0.25) is 0 Å². The number of ether oxygens (including phenoxy) is 2. The lowest BCUT2D eigenvalue weighted by atomic mass is 10.2. The van der Waals surface area contributed by atoms with Crippen LogP contribution in [-0.2, 0) is 9.47 Å². The van der Waals surface area contributed by atoms with E-state index in [4.69, 9.17) is 9.47 Å². The van der Waals surface area contributed by atoms with Gasteiger partial charge in [0.1, 0.15) is 5.60 Å². The second-order valence-corrected chi connectivity index (χ2v) is 7.12. The molecule has 1 aliphatic heterocycles. The highest BCUT2D eigenvalue weighted by molar-refractivity contribution is 5.68. The Morgan fingerprint density at radius 3 is 2.52 bits per heavy atom. The van der Waals surface area contributed by atoms with Crippen molar-refractivity contribution in [3.05, 3.63) is 0 Å². The van der Waals surface area contributed by atoms with E-state index in [1.165, 1.54) is 0 Å². The maximum absolute atomic E-state index is 12.1. The van der Waals surface area contributed by atoms with Crippen LogP contribution in [0, 0.1) is 0 Å². The van der Waals surface area contributed by atoms with Crippen molar-refractivity contribution in [3.8, 4) is 0 Å². The molecule has 1 rings (SSSR count). The average Bonchev–Trinajstić information content (AvgIpc) is 2.71. The molecule has 5 heteroatoms. The summed E-state index contributed by atoms with van der Waals surface area (Å²) < 4.78 is 11.2. The van der Waals surface area contributed by atoms with Gasteiger partial charge in [-0.25, -0.2) is 4.79 Å². The van der Waals surface area contributed by atoms with Gasteiger partial charge in [0.15, 0.2) is 0 Å². The van der Waals surface area contributed by atoms with Crippen LogP contribution in [0.4, 0.5) is 4.79 Å². The Morgan fingerprint density at radius 1 is 1.38 bits per heavy atom. The Morgan fingerprint density at radius 2 is 2.05 bits per heavy atom. The van der Waals surface area contributed by atoms with Crippen LogP contribution in [-0.4, -0.2) is 54.5 Å². The number of nitrogens with one attached hydrogen (secondary N) is 1. The maximum atomic E-state index is 12.1. The standard InChI is InChI=1S/C16H32N2O3/c1-12(2)18(15(19)21-16(4,5)6)10-9-17-11-14-8-7-13(3)20-14/h12-14,17H,7-11H2,1-6H3. The number of amides is 1. The minimum atomic E-state index is -0.453. The van der Waals surface area contributed by atoms with Crippen LogP contribution in [0.25, 0.3) is 0 Å². The number of nitrogens with zero attached hydrogens (tertiary/aromatic N) is 1. The molecular weight excluding hydrogens is 268 g/mol. The van der Waals surface area contributed by atoms with Gasteiger partial charge in [-0.05, 0) is 54.4 Å². The lowest BCUT2D eigenvalue weighted by Gasteiger charge is -2.30. The maximum Gasteiger partial charge on any atom is 0.410 e. The molecule has 5 nitrogen and oxygen atoms in total. The number of carbonyl (C=O) groups excluding carboxylic acids is 1. The molecule has 0 aromatic rings. The summed E-state index contributed by atoms with van der Waals surface area (Å²) in [7, 11) is 0. The van der Waals surface area contributed by atoms with E-state index in [0.717, 1.165) is 25.9 Å². The number of carbonyl (C=O) groups is 1. The van der Waals surface area contributed by atoms with Gasteiger partial charge in [0.25, 0.3) is 0 Å². The molecule has 0 radical (unpaired) electrons. The third-order valence-electron chi connectivity index (χ3n) is 3.47. The molecule has 21 heavy (non-hydrogen) atoms. The minimum Gasteiger partial charge on any atom is -0.444 e. The fourth-order valence-corrected chi connectivity index (χ4v) is 2.38. The number of hydrogen-bond donors (Lipinski definition) is 1. The second kappa shape index (κ2) is 7.99. The topological polar surface area (TPSA) is 50.8 Å². The Bertz CT molecular complexity index is 326. The van der Waals surface area contributed by atoms with Gasteiger partial charge in [-0.15, -0.1) is 0 Å². The monoisotopic (exact) mass is 300 g/mol. The lowest BCUT2D eigenvalue weighted by Crippen LogP contribution is -2.44. The number of hydrogen-bond acceptors (Lipinski definition) is 4. The first-order valence-corrected chi connectivity index (χ1v) is 8.05. The second-order valence-electron chi connectivity index (χ2n) is 7.12. The molecule has 1 heterocycles. The molecule has 0 aromatic heterocycles. The summed E-state index contributed by atoms with van der Waals surface area (Å²) in [5.41, 5.74) is -0.453. The molecule has 0 spiro atoms. The molecule has 0 saturated carbocycles. The molecule has 1 saturated heterocycles. The van der Waals surface area contributed by atoms with Crippen LogP contribution in [0.2, 0.25) is 0 Å². The van der Waals surface area contributed by atoms with Gasteiger partial charge in [0.2, 0.25) is 0 Å². The van der Waals surface area contributed by atoms with Gasteiger partial charge >= 0.3 is 6.09 Å². The van der Waals surface area contributed by atoms with Crippen LogP contribution in [0.3, 0.4) is 0 Å². The highest BCUT2D eigenvalue weighted by Crippen LogP contribution is 2.18. The minimum absolute atomic E-state index is 0.129. The highest BCUT2D eigenvalue weighted by atomic mass is 16.6. The zero-order valence-corrected chi connectivity index (χ0v) is 14.4. The van der Waals surface area contributed by atoms with E-state index in [9.17, 15) is 4.79 Å². The van der Waals surface area contributed by atoms with Crippen molar-refractivity contribution >= 4 is 6.09 Å². The highest BCUT2D eigenvalue weighted by Gasteiger charge is 2.24. The molecule has 124 valence electrons. The van der Waals surface area contributed by atoms with E-state index in [0.29, 0.717) is 18.8 Å². The van der Waals surface area contributed by atoms with E-state index in [1.54, 1.807) is 4.90 Å². The van der Waals surface area contributed by atoms with Crippen LogP contribution in [0.15, 0.2) is 0 Å². The Hall–Kier alpha value is -0.810. The van der Waals surface area contributed by atoms with E-state index in [2.05, 4.69) is 12.2 Å². The first-order chi connectivity index (χ1) is 9.69. The summed E-state index contributed by atoms with van der Waals surface area (Å²) in [5, 5.41) is 3.38. The fourth-order valence-electron chi connectivity index (χ4n) is 2.38. The van der Waals surface area contributed by atoms with Gasteiger partial charge in [-0.2, -0.15) is 0 Å². The fraction of sp³-hybridized carbons (Fsp3) is 0.938. The summed E-state index contributed by atoms with van der Waals surface area (Å²) in [4.78, 5) is 13.9. The normalized spacial score (nSPS) is 22.6. The van der Waals surface area contributed by atoms with Crippen molar-refractivity contribution in [2.24, 2.45) is 0 Å². The lowest BCUT2D eigenvalue weighted by molar-refractivity contribution is 0.0189.